The van der Waals surface area contributed by atoms with Gasteiger partial charge in [0.2, 0.25) is 5.91 Å². The van der Waals surface area contributed by atoms with Crippen LogP contribution in [0.25, 0.3) is 0 Å². The largest absolute Gasteiger partial charge is 0.465 e. The van der Waals surface area contributed by atoms with Crippen molar-refractivity contribution < 1.29 is 14.3 Å². The van der Waals surface area contributed by atoms with E-state index < -0.39 is 0 Å². The second kappa shape index (κ2) is 9.30. The van der Waals surface area contributed by atoms with Crippen molar-refractivity contribution in [2.24, 2.45) is 0 Å². The van der Waals surface area contributed by atoms with Gasteiger partial charge in [0.15, 0.2) is 0 Å². The third-order valence-electron chi connectivity index (χ3n) is 5.86. The summed E-state index contributed by atoms with van der Waals surface area (Å²) in [6.45, 7) is 10.6. The summed E-state index contributed by atoms with van der Waals surface area (Å²) in [4.78, 5) is 29.1. The average molecular weight is 410 g/mol. The molecule has 1 aliphatic heterocycles. The molecule has 0 spiro atoms. The Balaban J connectivity index is 1.62. The number of piperazine rings is 1. The van der Waals surface area contributed by atoms with Gasteiger partial charge in [-0.15, -0.1) is 0 Å². The maximum Gasteiger partial charge on any atom is 0.337 e. The van der Waals surface area contributed by atoms with E-state index in [4.69, 9.17) is 4.74 Å². The second-order valence-corrected chi connectivity index (χ2v) is 8.05. The van der Waals surface area contributed by atoms with Crippen LogP contribution < -0.4 is 10.2 Å². The molecule has 0 bridgehead atoms. The number of nitrogens with one attached hydrogen (secondary N) is 1. The first-order valence-corrected chi connectivity index (χ1v) is 10.4. The predicted molar refractivity (Wildman–Crippen MR) is 120 cm³/mol. The van der Waals surface area contributed by atoms with Crippen molar-refractivity contribution in [1.82, 2.24) is 4.90 Å². The van der Waals surface area contributed by atoms with Gasteiger partial charge in [-0.2, -0.15) is 0 Å². The number of aryl methyl sites for hydroxylation is 2. The zero-order valence-corrected chi connectivity index (χ0v) is 18.4. The molecule has 2 aromatic carbocycles. The molecule has 1 N–H and O–H groups in total. The van der Waals surface area contributed by atoms with E-state index in [0.717, 1.165) is 42.1 Å². The van der Waals surface area contributed by atoms with Gasteiger partial charge in [-0.1, -0.05) is 12.1 Å². The fourth-order valence-electron chi connectivity index (χ4n) is 3.97. The molecule has 1 saturated heterocycles. The summed E-state index contributed by atoms with van der Waals surface area (Å²) in [5.41, 5.74) is 4.69. The van der Waals surface area contributed by atoms with E-state index in [-0.39, 0.29) is 24.0 Å². The Kier molecular flexibility index (Phi) is 6.77. The molecule has 6 nitrogen and oxygen atoms in total. The maximum absolute atomic E-state index is 12.9. The van der Waals surface area contributed by atoms with E-state index in [2.05, 4.69) is 22.0 Å². The Hall–Kier alpha value is -2.86. The minimum Gasteiger partial charge on any atom is -0.465 e. The molecule has 0 radical (unpaired) electrons. The number of rotatable bonds is 5. The Morgan fingerprint density at radius 2 is 1.80 bits per heavy atom. The first-order valence-electron chi connectivity index (χ1n) is 10.4. The molecule has 2 unspecified atom stereocenters. The van der Waals surface area contributed by atoms with Crippen LogP contribution >= 0.6 is 0 Å². The zero-order valence-electron chi connectivity index (χ0n) is 18.4. The lowest BCUT2D eigenvalue weighted by atomic mass is 10.1. The number of carbonyl (C=O) groups is 2. The number of hydrogen-bond acceptors (Lipinski definition) is 5. The molecule has 30 heavy (non-hydrogen) atoms. The zero-order chi connectivity index (χ0) is 21.8. The van der Waals surface area contributed by atoms with Crippen LogP contribution in [0.3, 0.4) is 0 Å². The number of amides is 1. The van der Waals surface area contributed by atoms with Crippen LogP contribution in [0, 0.1) is 13.8 Å². The maximum atomic E-state index is 12.9. The second-order valence-electron chi connectivity index (χ2n) is 8.05. The first-order chi connectivity index (χ1) is 14.3. The van der Waals surface area contributed by atoms with Crippen LogP contribution in [0.2, 0.25) is 0 Å². The lowest BCUT2D eigenvalue weighted by molar-refractivity contribution is -0.121. The lowest BCUT2D eigenvalue weighted by Crippen LogP contribution is -2.57. The van der Waals surface area contributed by atoms with Crippen molar-refractivity contribution in [2.45, 2.75) is 39.8 Å². The number of nitrogens with zero attached hydrogens (tertiary/aromatic N) is 2. The molecule has 1 amide bonds. The number of hydrogen-bond donors (Lipinski definition) is 1. The van der Waals surface area contributed by atoms with Crippen LogP contribution in [-0.2, 0) is 9.53 Å². The van der Waals surface area contributed by atoms with Crippen molar-refractivity contribution >= 4 is 23.3 Å². The molecular weight excluding hydrogens is 378 g/mol. The van der Waals surface area contributed by atoms with E-state index in [1.54, 1.807) is 12.1 Å². The number of ether oxygens (including phenoxy) is 1. The van der Waals surface area contributed by atoms with Gasteiger partial charge in [-0.25, -0.2) is 4.79 Å². The Labute approximate surface area is 178 Å². The Morgan fingerprint density at radius 1 is 1.10 bits per heavy atom. The fourth-order valence-corrected chi connectivity index (χ4v) is 3.97. The molecule has 1 heterocycles. The van der Waals surface area contributed by atoms with E-state index in [0.29, 0.717) is 5.56 Å². The molecular formula is C24H31N3O3. The third kappa shape index (κ3) is 4.82. The number of anilines is 2. The highest BCUT2D eigenvalue weighted by Crippen LogP contribution is 2.23. The normalized spacial score (nSPS) is 18.0. The predicted octanol–water partition coefficient (Wildman–Crippen LogP) is 3.63. The van der Waals surface area contributed by atoms with Gasteiger partial charge >= 0.3 is 5.97 Å². The van der Waals surface area contributed by atoms with Gasteiger partial charge in [0.25, 0.3) is 0 Å². The summed E-state index contributed by atoms with van der Waals surface area (Å²) >= 11 is 0. The van der Waals surface area contributed by atoms with E-state index in [9.17, 15) is 9.59 Å². The monoisotopic (exact) mass is 409 g/mol. The average Bonchev–Trinajstić information content (AvgIpc) is 2.75. The third-order valence-corrected chi connectivity index (χ3v) is 5.86. The fraction of sp³-hybridized carbons (Fsp3) is 0.417. The lowest BCUT2D eigenvalue weighted by Gasteiger charge is -2.43. The van der Waals surface area contributed by atoms with Crippen LogP contribution in [0.1, 0.15) is 35.3 Å². The molecule has 2 atom stereocenters. The van der Waals surface area contributed by atoms with Gasteiger partial charge in [0, 0.05) is 37.1 Å². The van der Waals surface area contributed by atoms with Crippen LogP contribution in [0.4, 0.5) is 11.4 Å². The van der Waals surface area contributed by atoms with Gasteiger partial charge < -0.3 is 15.0 Å². The van der Waals surface area contributed by atoms with E-state index >= 15 is 0 Å². The minimum atomic E-state index is -0.330. The van der Waals surface area contributed by atoms with Crippen molar-refractivity contribution in [3.8, 4) is 0 Å². The van der Waals surface area contributed by atoms with Crippen molar-refractivity contribution in [3.63, 3.8) is 0 Å². The molecule has 3 rings (SSSR count). The molecule has 0 aromatic heterocycles. The van der Waals surface area contributed by atoms with Crippen molar-refractivity contribution in [3.05, 3.63) is 59.2 Å². The molecule has 160 valence electrons. The highest BCUT2D eigenvalue weighted by Gasteiger charge is 2.31. The molecule has 0 saturated carbocycles. The van der Waals surface area contributed by atoms with Gasteiger partial charge in [-0.05, 0) is 69.2 Å². The van der Waals surface area contributed by atoms with Gasteiger partial charge in [0.1, 0.15) is 0 Å². The van der Waals surface area contributed by atoms with Crippen molar-refractivity contribution in [2.75, 3.05) is 37.0 Å². The number of benzene rings is 2. The summed E-state index contributed by atoms with van der Waals surface area (Å²) < 4.78 is 4.76. The molecule has 6 heteroatoms. The SMILES string of the molecule is COC(=O)c1ccc(N2CCN(C(C)C(=O)Nc3cc(C)ccc3C)C(C)C2)cc1. The summed E-state index contributed by atoms with van der Waals surface area (Å²) in [5, 5.41) is 3.10. The van der Waals surface area contributed by atoms with E-state index in [1.807, 2.05) is 51.1 Å². The molecule has 2 aromatic rings. The first kappa shape index (κ1) is 21.8. The summed E-state index contributed by atoms with van der Waals surface area (Å²) in [6.07, 6.45) is 0. The topological polar surface area (TPSA) is 61.9 Å². The van der Waals surface area contributed by atoms with Crippen molar-refractivity contribution in [1.29, 1.82) is 0 Å². The van der Waals surface area contributed by atoms with Crippen LogP contribution in [0.15, 0.2) is 42.5 Å². The van der Waals surface area contributed by atoms with Crippen LogP contribution in [0.5, 0.6) is 0 Å². The van der Waals surface area contributed by atoms with E-state index in [1.165, 1.54) is 7.11 Å². The smallest absolute Gasteiger partial charge is 0.337 e. The standard InChI is InChI=1S/C24H31N3O3/c1-16-6-7-17(2)22(14-16)25-23(28)19(4)27-13-12-26(15-18(27)3)21-10-8-20(9-11-21)24(29)30-5/h6-11,14,18-19H,12-13,15H2,1-5H3,(H,25,28). The summed E-state index contributed by atoms with van der Waals surface area (Å²) in [6, 6.07) is 13.6. The van der Waals surface area contributed by atoms with Crippen LogP contribution in [-0.4, -0.2) is 55.6 Å². The quantitative estimate of drug-likeness (QED) is 0.764. The Morgan fingerprint density at radius 3 is 2.43 bits per heavy atom. The summed E-state index contributed by atoms with van der Waals surface area (Å²) in [7, 11) is 1.38. The highest BCUT2D eigenvalue weighted by molar-refractivity contribution is 5.95. The number of esters is 1. The minimum absolute atomic E-state index is 0.0198. The molecule has 0 aliphatic carbocycles. The highest BCUT2D eigenvalue weighted by atomic mass is 16.5. The number of methoxy groups -OCH3 is 1. The molecule has 1 aliphatic rings. The van der Waals surface area contributed by atoms with Gasteiger partial charge in [0.05, 0.1) is 18.7 Å². The summed E-state index contributed by atoms with van der Waals surface area (Å²) in [5.74, 6) is -0.310. The number of carbonyl (C=O) groups excluding carboxylic acids is 2. The Bertz CT molecular complexity index is 910. The molecule has 1 fully saturated rings. The van der Waals surface area contributed by atoms with Gasteiger partial charge in [-0.3, -0.25) is 9.69 Å².